The molecule has 1 fully saturated rings. The number of halogens is 1. The van der Waals surface area contributed by atoms with Gasteiger partial charge >= 0.3 is 55.2 Å². The van der Waals surface area contributed by atoms with Gasteiger partial charge in [-0.1, -0.05) is 266 Å². The number of esters is 4. The summed E-state index contributed by atoms with van der Waals surface area (Å²) in [5.74, 6) is -5.19. The number of hydrogen-bond acceptors (Lipinski definition) is 25. The molecule has 1 aliphatic carbocycles. The fraction of sp³-hybridized carbons (Fsp3) is 0.701. The number of ether oxygens (including phenoxy) is 4. The number of fused-ring (bicyclic) bond motifs is 3. The van der Waals surface area contributed by atoms with E-state index >= 15 is 18.3 Å². The monoisotopic (exact) mass is 1600 g/mol. The molecule has 0 amide bonds. The quantitative estimate of drug-likeness (QED) is 0.0167. The summed E-state index contributed by atoms with van der Waals surface area (Å²) in [7, 11) is -19.9. The minimum atomic E-state index is -5.41. The van der Waals surface area contributed by atoms with Crippen molar-refractivity contribution in [1.29, 1.82) is 0 Å². The van der Waals surface area contributed by atoms with Crippen molar-refractivity contribution in [3.63, 3.8) is 0 Å². The maximum atomic E-state index is 15.7. The van der Waals surface area contributed by atoms with Crippen LogP contribution in [-0.4, -0.2) is 98.6 Å². The molecule has 3 aliphatic heterocycles. The molecular weight excluding hydrogens is 1480 g/mol. The lowest BCUT2D eigenvalue weighted by Crippen LogP contribution is -2.67. The van der Waals surface area contributed by atoms with Crippen LogP contribution in [0.25, 0.3) is 0 Å². The molecule has 107 heavy (non-hydrogen) atoms. The summed E-state index contributed by atoms with van der Waals surface area (Å²) < 4.78 is 159. The highest BCUT2D eigenvalue weighted by atomic mass is 35.5. The number of hydrogen-bond donors (Lipinski definition) is 0. The number of carbonyl (C=O) groups excluding carboxylic acids is 5. The Morgan fingerprint density at radius 1 is 0.411 bits per heavy atom. The van der Waals surface area contributed by atoms with Gasteiger partial charge in [0.1, 0.15) is 42.7 Å². The molecule has 4 aliphatic rings. The van der Waals surface area contributed by atoms with Crippen LogP contribution in [0.2, 0.25) is 0 Å². The predicted molar refractivity (Wildman–Crippen MR) is 401 cm³/mol. The van der Waals surface area contributed by atoms with Gasteiger partial charge in [-0.3, -0.25) is 73.5 Å². The van der Waals surface area contributed by atoms with E-state index in [9.17, 15) is 24.0 Å². The van der Waals surface area contributed by atoms with Crippen LogP contribution in [-0.2, 0) is 155 Å². The van der Waals surface area contributed by atoms with Gasteiger partial charge in [0.25, 0.3) is 0 Å². The fourth-order valence-corrected chi connectivity index (χ4v) is 18.2. The van der Waals surface area contributed by atoms with Crippen molar-refractivity contribution in [2.24, 2.45) is 0 Å². The van der Waals surface area contributed by atoms with Crippen molar-refractivity contribution < 1.29 is 115 Å². The lowest BCUT2D eigenvalue weighted by atomic mass is 9.84. The molecule has 0 spiro atoms. The molecule has 30 heteroatoms. The summed E-state index contributed by atoms with van der Waals surface area (Å²) >= 11 is 6.21. The SMILES string of the molecule is CCCCCCCCCCCCCCCCCC(=O)OC[C@H](COP(=O)(OC)O[C@H]1[C@H](OC(=O)CCC(C)=O)[C@@H](OP2(=O)OCc3ccccc3CO2)[C@H](OP2(=O)OCc3ccccc3CO2)[C@@H](OP2(=O)OCc3ccccc3CO2)[C@H]1OC(=O)CCl)OC(=O)CCCCCCCCCCCCCCCCC. The zero-order valence-corrected chi connectivity index (χ0v) is 67.6. The van der Waals surface area contributed by atoms with Crippen LogP contribution in [0.4, 0.5) is 0 Å². The molecule has 3 heterocycles. The van der Waals surface area contributed by atoms with E-state index in [4.69, 9.17) is 84.8 Å². The summed E-state index contributed by atoms with van der Waals surface area (Å²) in [6, 6.07) is 20.3. The Hall–Kier alpha value is -4.06. The maximum absolute atomic E-state index is 15.7. The van der Waals surface area contributed by atoms with Gasteiger partial charge in [0.2, 0.25) is 0 Å². The van der Waals surface area contributed by atoms with Crippen LogP contribution in [0.1, 0.15) is 272 Å². The summed E-state index contributed by atoms with van der Waals surface area (Å²) in [5.41, 5.74) is 3.11. The summed E-state index contributed by atoms with van der Waals surface area (Å²) in [6.07, 6.45) is 17.0. The smallest absolute Gasteiger partial charge is 0.462 e. The van der Waals surface area contributed by atoms with Gasteiger partial charge in [-0.05, 0) is 53.1 Å². The average molecular weight is 1600 g/mol. The van der Waals surface area contributed by atoms with E-state index in [0.717, 1.165) is 64.9 Å². The third kappa shape index (κ3) is 32.9. The van der Waals surface area contributed by atoms with E-state index < -0.39 is 175 Å². The zero-order valence-electron chi connectivity index (χ0n) is 63.2. The standard InChI is InChI=1S/C77H117ClO25P4/c1-5-7-9-11-13-15-17-19-21-23-25-27-29-31-33-47-68(80)89-58-67(97-69(81)48-34-32-30-28-26-24-22-20-18-16-14-12-10-8-6-2)59-96-104(84,88-4)100-74-72(98-70(82)50-49-60(3)79)75(101-105(85)90-52-61-41-35-36-42-62(61)53-91-105)77(103-107(87)94-56-65-45-39-40-46-66(65)57-95-107)76(73(74)99-71(83)51-78)102-106(86)92-54-63-43-37-38-44-64(63)55-93-106/h35-46,67,72-77H,5-34,47-59H2,1-4H3/t67-,72+,73+,74+,75-,76+,77+,104?/m1/s1. The summed E-state index contributed by atoms with van der Waals surface area (Å²) in [6.45, 7) is 1.72. The van der Waals surface area contributed by atoms with Crippen LogP contribution >= 0.6 is 42.9 Å². The number of rotatable bonds is 53. The Bertz CT molecular complexity index is 3270. The molecule has 8 atom stereocenters. The van der Waals surface area contributed by atoms with Crippen LogP contribution < -0.4 is 0 Å². The molecular formula is C77H117ClO25P4. The van der Waals surface area contributed by atoms with E-state index in [-0.39, 0.29) is 12.8 Å². The van der Waals surface area contributed by atoms with E-state index in [1.165, 1.54) is 129 Å². The Labute approximate surface area is 638 Å². The van der Waals surface area contributed by atoms with Gasteiger partial charge in [0.05, 0.1) is 52.7 Å². The second-order valence-corrected chi connectivity index (χ2v) is 34.8. The van der Waals surface area contributed by atoms with E-state index in [0.29, 0.717) is 46.2 Å². The fourth-order valence-electron chi connectivity index (χ4n) is 13.0. The van der Waals surface area contributed by atoms with Crippen molar-refractivity contribution in [1.82, 2.24) is 0 Å². The maximum Gasteiger partial charge on any atom is 0.475 e. The second kappa shape index (κ2) is 49.4. The Balaban J connectivity index is 1.17. The lowest BCUT2D eigenvalue weighted by Gasteiger charge is -2.49. The highest BCUT2D eigenvalue weighted by Gasteiger charge is 2.64. The molecule has 0 bridgehead atoms. The molecule has 0 radical (unpaired) electrons. The molecule has 7 rings (SSSR count). The van der Waals surface area contributed by atoms with Gasteiger partial charge in [-0.15, -0.1) is 11.6 Å². The van der Waals surface area contributed by atoms with E-state index in [2.05, 4.69) is 13.8 Å². The largest absolute Gasteiger partial charge is 0.475 e. The van der Waals surface area contributed by atoms with Crippen LogP contribution in [0, 0.1) is 0 Å². The first-order valence-corrected chi connectivity index (χ1v) is 45.4. The minimum absolute atomic E-state index is 0.0264. The molecule has 0 aromatic heterocycles. The summed E-state index contributed by atoms with van der Waals surface area (Å²) in [5, 5.41) is 0. The van der Waals surface area contributed by atoms with E-state index in [1.807, 2.05) is 0 Å². The lowest BCUT2D eigenvalue weighted by molar-refractivity contribution is -0.232. The molecule has 602 valence electrons. The van der Waals surface area contributed by atoms with Crippen LogP contribution in [0.3, 0.4) is 0 Å². The third-order valence-electron chi connectivity index (χ3n) is 19.2. The first kappa shape index (κ1) is 90.1. The van der Waals surface area contributed by atoms with Gasteiger partial charge in [-0.25, -0.2) is 18.3 Å². The zero-order chi connectivity index (χ0) is 76.6. The molecule has 1 saturated carbocycles. The molecule has 25 nitrogen and oxygen atoms in total. The number of phosphoric ester groups is 4. The topological polar surface area (TPSA) is 301 Å². The number of ketones is 1. The van der Waals surface area contributed by atoms with Crippen molar-refractivity contribution in [3.05, 3.63) is 106 Å². The average Bonchev–Trinajstić information content (AvgIpc) is 1.28. The summed E-state index contributed by atoms with van der Waals surface area (Å²) in [4.78, 5) is 68.4. The van der Waals surface area contributed by atoms with Crippen LogP contribution in [0.15, 0.2) is 72.8 Å². The number of Topliss-reactive ketones (excluding diaryl/α,β-unsaturated/α-hetero) is 1. The number of phosphoric acid groups is 4. The number of carbonyl (C=O) groups is 5. The number of unbranched alkanes of at least 4 members (excludes halogenated alkanes) is 28. The Kier molecular flexibility index (Phi) is 41.6. The van der Waals surface area contributed by atoms with Gasteiger partial charge in [0, 0.05) is 26.4 Å². The molecule has 0 saturated heterocycles. The van der Waals surface area contributed by atoms with Gasteiger partial charge in [0.15, 0.2) is 18.3 Å². The molecule has 0 N–H and O–H groups in total. The van der Waals surface area contributed by atoms with Crippen molar-refractivity contribution >= 4 is 72.6 Å². The highest BCUT2D eigenvalue weighted by molar-refractivity contribution is 7.49. The van der Waals surface area contributed by atoms with Crippen molar-refractivity contribution in [3.8, 4) is 0 Å². The number of alkyl halides is 1. The van der Waals surface area contributed by atoms with Crippen molar-refractivity contribution in [2.45, 2.75) is 321 Å². The van der Waals surface area contributed by atoms with Gasteiger partial charge < -0.3 is 23.7 Å². The Morgan fingerprint density at radius 3 is 1.04 bits per heavy atom. The third-order valence-corrected chi connectivity index (χ3v) is 25.0. The molecule has 3 aromatic carbocycles. The normalized spacial score (nSPS) is 21.0. The molecule has 1 unspecified atom stereocenters. The van der Waals surface area contributed by atoms with Crippen LogP contribution in [0.5, 0.6) is 0 Å². The highest BCUT2D eigenvalue weighted by Crippen LogP contribution is 2.63. The number of benzene rings is 3. The minimum Gasteiger partial charge on any atom is -0.462 e. The van der Waals surface area contributed by atoms with E-state index in [1.54, 1.807) is 72.8 Å². The molecule has 3 aromatic rings. The first-order valence-electron chi connectivity index (χ1n) is 39.0. The first-order chi connectivity index (χ1) is 51.8. The second-order valence-electron chi connectivity index (χ2n) is 27.9. The predicted octanol–water partition coefficient (Wildman–Crippen LogP) is 20.3. The van der Waals surface area contributed by atoms with Crippen molar-refractivity contribution in [2.75, 3.05) is 26.2 Å². The van der Waals surface area contributed by atoms with Gasteiger partial charge in [-0.2, -0.15) is 0 Å². The Morgan fingerprint density at radius 2 is 0.720 bits per heavy atom.